The Bertz CT molecular complexity index is 953. The van der Waals surface area contributed by atoms with Crippen LogP contribution in [0.1, 0.15) is 48.1 Å². The first-order chi connectivity index (χ1) is 16.0. The van der Waals surface area contributed by atoms with Crippen LogP contribution in [-0.2, 0) is 4.79 Å². The van der Waals surface area contributed by atoms with Crippen LogP contribution >= 0.6 is 11.6 Å². The third-order valence-corrected chi connectivity index (χ3v) is 7.09. The van der Waals surface area contributed by atoms with Crippen molar-refractivity contribution in [2.75, 3.05) is 32.7 Å². The molecule has 0 spiro atoms. The van der Waals surface area contributed by atoms with Crippen molar-refractivity contribution in [2.24, 2.45) is 11.8 Å². The summed E-state index contributed by atoms with van der Waals surface area (Å²) in [4.78, 5) is 29.3. The number of amides is 2. The van der Waals surface area contributed by atoms with E-state index >= 15 is 0 Å². The van der Waals surface area contributed by atoms with E-state index in [9.17, 15) is 14.0 Å². The van der Waals surface area contributed by atoms with Gasteiger partial charge in [0, 0.05) is 39.1 Å². The van der Waals surface area contributed by atoms with E-state index in [4.69, 9.17) is 11.6 Å². The van der Waals surface area contributed by atoms with E-state index in [0.717, 1.165) is 38.0 Å². The average molecular weight is 472 g/mol. The minimum Gasteiger partial charge on any atom is -0.349 e. The van der Waals surface area contributed by atoms with Crippen LogP contribution in [0.2, 0.25) is 5.02 Å². The highest BCUT2D eigenvalue weighted by atomic mass is 35.5. The molecule has 2 amide bonds. The van der Waals surface area contributed by atoms with Crippen LogP contribution in [-0.4, -0.2) is 54.3 Å². The maximum absolute atomic E-state index is 14.2. The number of likely N-dealkylation sites (tertiary alicyclic amines) is 2. The Morgan fingerprint density at radius 3 is 2.39 bits per heavy atom. The van der Waals surface area contributed by atoms with Gasteiger partial charge in [0.05, 0.1) is 16.6 Å². The first-order valence-corrected chi connectivity index (χ1v) is 12.1. The lowest BCUT2D eigenvalue weighted by molar-refractivity contribution is -0.121. The Morgan fingerprint density at radius 1 is 1.06 bits per heavy atom. The normalized spacial score (nSPS) is 21.1. The molecule has 0 saturated carbocycles. The zero-order valence-electron chi connectivity index (χ0n) is 19.0. The number of nitrogens with zero attached hydrogens (tertiary/aromatic N) is 2. The van der Waals surface area contributed by atoms with E-state index in [0.29, 0.717) is 31.3 Å². The molecular weight excluding hydrogens is 441 g/mol. The summed E-state index contributed by atoms with van der Waals surface area (Å²) in [6.07, 6.45) is 2.20. The second-order valence-corrected chi connectivity index (χ2v) is 9.56. The van der Waals surface area contributed by atoms with Crippen LogP contribution in [0.3, 0.4) is 0 Å². The smallest absolute Gasteiger partial charge is 0.258 e. The molecule has 5 nitrogen and oxygen atoms in total. The monoisotopic (exact) mass is 471 g/mol. The maximum atomic E-state index is 14.2. The van der Waals surface area contributed by atoms with Gasteiger partial charge in [0.25, 0.3) is 5.91 Å². The number of hydrogen-bond acceptors (Lipinski definition) is 3. The van der Waals surface area contributed by atoms with Crippen LogP contribution in [0, 0.1) is 17.7 Å². The number of nitrogens with one attached hydrogen (secondary N) is 1. The molecular formula is C26H31ClFN3O2. The highest BCUT2D eigenvalue weighted by Crippen LogP contribution is 2.33. The van der Waals surface area contributed by atoms with Gasteiger partial charge in [-0.15, -0.1) is 0 Å². The van der Waals surface area contributed by atoms with Gasteiger partial charge in [-0.1, -0.05) is 54.9 Å². The van der Waals surface area contributed by atoms with Crippen molar-refractivity contribution < 1.29 is 14.0 Å². The van der Waals surface area contributed by atoms with E-state index in [1.807, 2.05) is 25.1 Å². The zero-order chi connectivity index (χ0) is 23.4. The molecule has 0 bridgehead atoms. The fourth-order valence-corrected chi connectivity index (χ4v) is 5.36. The fourth-order valence-electron chi connectivity index (χ4n) is 5.11. The molecule has 0 radical (unpaired) electrons. The molecule has 0 aliphatic carbocycles. The Morgan fingerprint density at radius 2 is 1.76 bits per heavy atom. The fraction of sp³-hybridized carbons (Fsp3) is 0.462. The van der Waals surface area contributed by atoms with Gasteiger partial charge in [-0.25, -0.2) is 4.39 Å². The molecule has 2 aliphatic rings. The van der Waals surface area contributed by atoms with Gasteiger partial charge in [-0.2, -0.15) is 0 Å². The summed E-state index contributed by atoms with van der Waals surface area (Å²) in [7, 11) is 0. The minimum absolute atomic E-state index is 0.00744. The highest BCUT2D eigenvalue weighted by molar-refractivity contribution is 6.33. The topological polar surface area (TPSA) is 52.7 Å². The quantitative estimate of drug-likeness (QED) is 0.615. The number of rotatable bonds is 8. The largest absolute Gasteiger partial charge is 0.349 e. The van der Waals surface area contributed by atoms with Crippen molar-refractivity contribution >= 4 is 23.4 Å². The zero-order valence-corrected chi connectivity index (χ0v) is 19.7. The van der Waals surface area contributed by atoms with Gasteiger partial charge in [0.15, 0.2) is 0 Å². The van der Waals surface area contributed by atoms with Gasteiger partial charge in [0.2, 0.25) is 5.91 Å². The Balaban J connectivity index is 1.33. The second kappa shape index (κ2) is 10.7. The first-order valence-electron chi connectivity index (χ1n) is 11.8. The maximum Gasteiger partial charge on any atom is 0.258 e. The number of carbonyl (C=O) groups excluding carboxylic acids is 2. The van der Waals surface area contributed by atoms with Crippen molar-refractivity contribution in [1.29, 1.82) is 0 Å². The predicted molar refractivity (Wildman–Crippen MR) is 128 cm³/mol. The second-order valence-electron chi connectivity index (χ2n) is 9.16. The van der Waals surface area contributed by atoms with E-state index in [2.05, 4.69) is 22.3 Å². The lowest BCUT2D eigenvalue weighted by atomic mass is 10.0. The van der Waals surface area contributed by atoms with E-state index in [-0.39, 0.29) is 28.4 Å². The van der Waals surface area contributed by atoms with Crippen LogP contribution < -0.4 is 5.32 Å². The SMILES string of the molecule is CCCC(=O)NC(CCN1CC2CN(C(=O)c3c(F)cccc3Cl)CC2C1)c1ccccc1. The van der Waals surface area contributed by atoms with Crippen molar-refractivity contribution in [1.82, 2.24) is 15.1 Å². The number of hydrogen-bond donors (Lipinski definition) is 1. The molecule has 2 heterocycles. The molecule has 33 heavy (non-hydrogen) atoms. The van der Waals surface area contributed by atoms with E-state index in [1.165, 1.54) is 12.1 Å². The van der Waals surface area contributed by atoms with Crippen LogP contribution in [0.15, 0.2) is 48.5 Å². The molecule has 2 aliphatic heterocycles. The van der Waals surface area contributed by atoms with Crippen molar-refractivity contribution in [3.8, 4) is 0 Å². The lowest BCUT2D eigenvalue weighted by Crippen LogP contribution is -2.35. The van der Waals surface area contributed by atoms with Crippen molar-refractivity contribution in [3.63, 3.8) is 0 Å². The molecule has 3 atom stereocenters. The Hall–Kier alpha value is -2.44. The van der Waals surface area contributed by atoms with Crippen molar-refractivity contribution in [3.05, 3.63) is 70.5 Å². The summed E-state index contributed by atoms with van der Waals surface area (Å²) in [5.74, 6) is -0.0376. The lowest BCUT2D eigenvalue weighted by Gasteiger charge is -2.25. The highest BCUT2D eigenvalue weighted by Gasteiger charge is 2.42. The molecule has 2 saturated heterocycles. The molecule has 3 unspecified atom stereocenters. The van der Waals surface area contributed by atoms with Gasteiger partial charge < -0.3 is 15.1 Å². The summed E-state index contributed by atoms with van der Waals surface area (Å²) in [6, 6.07) is 14.4. The summed E-state index contributed by atoms with van der Waals surface area (Å²) >= 11 is 6.10. The molecule has 7 heteroatoms. The van der Waals surface area contributed by atoms with E-state index < -0.39 is 5.82 Å². The Kier molecular flexibility index (Phi) is 7.66. The summed E-state index contributed by atoms with van der Waals surface area (Å²) in [5.41, 5.74) is 1.10. The molecule has 1 N–H and O–H groups in total. The molecule has 4 rings (SSSR count). The number of halogens is 2. The van der Waals surface area contributed by atoms with Crippen molar-refractivity contribution in [2.45, 2.75) is 32.2 Å². The molecule has 2 fully saturated rings. The predicted octanol–water partition coefficient (Wildman–Crippen LogP) is 4.53. The van der Waals surface area contributed by atoms with Crippen LogP contribution in [0.25, 0.3) is 0 Å². The summed E-state index contributed by atoms with van der Waals surface area (Å²) < 4.78 is 14.2. The van der Waals surface area contributed by atoms with Gasteiger partial charge >= 0.3 is 0 Å². The number of benzene rings is 2. The average Bonchev–Trinajstić information content (AvgIpc) is 3.36. The third-order valence-electron chi connectivity index (χ3n) is 6.77. The number of fused-ring (bicyclic) bond motifs is 1. The van der Waals surface area contributed by atoms with Gasteiger partial charge in [0.1, 0.15) is 5.82 Å². The minimum atomic E-state index is -0.566. The first kappa shape index (κ1) is 23.7. The molecule has 2 aromatic carbocycles. The van der Waals surface area contributed by atoms with Crippen LogP contribution in [0.5, 0.6) is 0 Å². The van der Waals surface area contributed by atoms with Gasteiger partial charge in [-0.05, 0) is 42.4 Å². The van der Waals surface area contributed by atoms with Crippen LogP contribution in [0.4, 0.5) is 4.39 Å². The Labute approximate surface area is 199 Å². The molecule has 0 aromatic heterocycles. The standard InChI is InChI=1S/C26H31ClFN3O2/c1-2-7-24(32)29-23(18-8-4-3-5-9-18)12-13-30-14-19-16-31(17-20(19)15-30)26(33)25-21(27)10-6-11-22(25)28/h3-6,8-11,19-20,23H,2,7,12-17H2,1H3,(H,29,32). The van der Waals surface area contributed by atoms with Gasteiger partial charge in [-0.3, -0.25) is 9.59 Å². The van der Waals surface area contributed by atoms with E-state index in [1.54, 1.807) is 11.0 Å². The third kappa shape index (κ3) is 5.56. The molecule has 2 aromatic rings. The number of carbonyl (C=O) groups is 2. The molecule has 176 valence electrons. The summed E-state index contributed by atoms with van der Waals surface area (Å²) in [5, 5.41) is 3.36. The summed E-state index contributed by atoms with van der Waals surface area (Å²) in [6.45, 7) is 5.95.